The van der Waals surface area contributed by atoms with Crippen LogP contribution in [-0.4, -0.2) is 57.4 Å². The average molecular weight is 615 g/mol. The summed E-state index contributed by atoms with van der Waals surface area (Å²) in [5.41, 5.74) is 4.66. The molecule has 0 saturated heterocycles. The predicted molar refractivity (Wildman–Crippen MR) is 164 cm³/mol. The first-order valence-electron chi connectivity index (χ1n) is 14.3. The maximum absolute atomic E-state index is 12.8. The van der Waals surface area contributed by atoms with Gasteiger partial charge in [0.15, 0.2) is 0 Å². The van der Waals surface area contributed by atoms with E-state index >= 15 is 0 Å². The van der Waals surface area contributed by atoms with E-state index in [1.165, 1.54) is 7.11 Å². The van der Waals surface area contributed by atoms with Gasteiger partial charge < -0.3 is 28.4 Å². The van der Waals surface area contributed by atoms with Gasteiger partial charge in [-0.05, 0) is 70.8 Å². The summed E-state index contributed by atoms with van der Waals surface area (Å²) in [6, 6.07) is 18.0. The van der Waals surface area contributed by atoms with Gasteiger partial charge in [-0.25, -0.2) is 14.4 Å². The number of carbonyl (C=O) groups is 4. The van der Waals surface area contributed by atoms with Crippen LogP contribution in [0.1, 0.15) is 47.2 Å². The van der Waals surface area contributed by atoms with Crippen molar-refractivity contribution in [3.05, 3.63) is 102 Å². The molecule has 0 spiro atoms. The minimum atomic E-state index is -0.639. The number of ether oxygens (including phenoxy) is 6. The van der Waals surface area contributed by atoms with E-state index < -0.39 is 23.9 Å². The Bertz CT molecular complexity index is 1590. The van der Waals surface area contributed by atoms with Crippen molar-refractivity contribution in [1.29, 1.82) is 0 Å². The van der Waals surface area contributed by atoms with Crippen molar-refractivity contribution >= 4 is 23.9 Å². The van der Waals surface area contributed by atoms with Crippen LogP contribution in [0, 0.1) is 0 Å². The lowest BCUT2D eigenvalue weighted by molar-refractivity contribution is -0.144. The second-order valence-corrected chi connectivity index (χ2v) is 10.0. The second kappa shape index (κ2) is 15.4. The Labute approximate surface area is 261 Å². The number of hydrogen-bond acceptors (Lipinski definition) is 10. The maximum atomic E-state index is 12.8. The first-order chi connectivity index (χ1) is 21.7. The fourth-order valence-electron chi connectivity index (χ4n) is 4.66. The molecule has 1 atom stereocenters. The first-order valence-corrected chi connectivity index (χ1v) is 14.3. The van der Waals surface area contributed by atoms with Crippen LogP contribution in [0.3, 0.4) is 0 Å². The molecule has 234 valence electrons. The second-order valence-electron chi connectivity index (χ2n) is 10.0. The van der Waals surface area contributed by atoms with Crippen molar-refractivity contribution in [1.82, 2.24) is 0 Å². The first kappa shape index (κ1) is 32.5. The topological polar surface area (TPSA) is 124 Å². The van der Waals surface area contributed by atoms with Crippen molar-refractivity contribution in [3.63, 3.8) is 0 Å². The number of benzene rings is 3. The number of fused-ring (bicyclic) bond motifs is 3. The lowest BCUT2D eigenvalue weighted by Gasteiger charge is -2.11. The van der Waals surface area contributed by atoms with Crippen LogP contribution in [0.15, 0.2) is 85.5 Å². The lowest BCUT2D eigenvalue weighted by atomic mass is 9.99. The minimum absolute atomic E-state index is 0.0376. The molecule has 0 fully saturated rings. The third kappa shape index (κ3) is 8.60. The molecule has 10 heteroatoms. The van der Waals surface area contributed by atoms with E-state index in [1.807, 2.05) is 30.3 Å². The van der Waals surface area contributed by atoms with E-state index in [1.54, 1.807) is 30.3 Å². The number of methoxy groups -OCH3 is 1. The van der Waals surface area contributed by atoms with Gasteiger partial charge in [0.25, 0.3) is 0 Å². The van der Waals surface area contributed by atoms with Crippen molar-refractivity contribution in [2.45, 2.75) is 25.7 Å². The van der Waals surface area contributed by atoms with Crippen LogP contribution in [-0.2, 0) is 28.6 Å². The molecule has 10 nitrogen and oxygen atoms in total. The molecule has 3 aromatic carbocycles. The van der Waals surface area contributed by atoms with Gasteiger partial charge in [0.1, 0.15) is 30.5 Å². The summed E-state index contributed by atoms with van der Waals surface area (Å²) in [5, 5.41) is 0. The van der Waals surface area contributed by atoms with E-state index in [-0.39, 0.29) is 37.7 Å². The Kier molecular flexibility index (Phi) is 11.1. The Balaban J connectivity index is 1.27. The van der Waals surface area contributed by atoms with Crippen LogP contribution >= 0.6 is 0 Å². The van der Waals surface area contributed by atoms with Gasteiger partial charge in [0, 0.05) is 24.0 Å². The smallest absolute Gasteiger partial charge is 0.343 e. The molecule has 3 aromatic rings. The summed E-state index contributed by atoms with van der Waals surface area (Å²) in [6.07, 6.45) is 1.33. The highest BCUT2D eigenvalue weighted by molar-refractivity contribution is 5.93. The summed E-state index contributed by atoms with van der Waals surface area (Å²) in [7, 11) is 1.24. The van der Waals surface area contributed by atoms with Gasteiger partial charge in [-0.2, -0.15) is 0 Å². The number of hydrogen-bond donors (Lipinski definition) is 0. The standard InChI is InChI=1S/C35H34O10/c1-5-32(36)43-18-17-42-25-9-7-24(8-10-25)35(39)45-27-12-14-29-28-13-11-26(20-30(28)23(3)31(29)21-27)41-15-6-16-44-34(38)22(2)19-33(37)40-4/h5,7-14,20-21,23H,1-2,6,15-19H2,3-4H3. The van der Waals surface area contributed by atoms with Crippen LogP contribution < -0.4 is 14.2 Å². The highest BCUT2D eigenvalue weighted by Gasteiger charge is 2.27. The van der Waals surface area contributed by atoms with Gasteiger partial charge >= 0.3 is 23.9 Å². The van der Waals surface area contributed by atoms with E-state index in [4.69, 9.17) is 23.7 Å². The molecular formula is C35H34O10. The van der Waals surface area contributed by atoms with Crippen molar-refractivity contribution < 1.29 is 47.6 Å². The minimum Gasteiger partial charge on any atom is -0.493 e. The molecule has 0 aliphatic heterocycles. The largest absolute Gasteiger partial charge is 0.493 e. The molecule has 0 amide bonds. The Morgan fingerprint density at radius 2 is 1.40 bits per heavy atom. The fourth-order valence-corrected chi connectivity index (χ4v) is 4.66. The molecule has 0 N–H and O–H groups in total. The quantitative estimate of drug-likeness (QED) is 0.0705. The normalized spacial score (nSPS) is 12.6. The number of carbonyl (C=O) groups excluding carboxylic acids is 4. The van der Waals surface area contributed by atoms with Crippen LogP contribution in [0.25, 0.3) is 11.1 Å². The molecule has 4 rings (SSSR count). The van der Waals surface area contributed by atoms with Crippen molar-refractivity contribution in [2.24, 2.45) is 0 Å². The molecule has 0 aromatic heterocycles. The molecule has 0 heterocycles. The summed E-state index contributed by atoms with van der Waals surface area (Å²) in [4.78, 5) is 47.1. The summed E-state index contributed by atoms with van der Waals surface area (Å²) < 4.78 is 31.6. The highest BCUT2D eigenvalue weighted by atomic mass is 16.6. The molecule has 45 heavy (non-hydrogen) atoms. The molecule has 1 unspecified atom stereocenters. The van der Waals surface area contributed by atoms with Gasteiger partial charge in [-0.15, -0.1) is 0 Å². The van der Waals surface area contributed by atoms with Gasteiger partial charge in [0.05, 0.1) is 32.3 Å². The number of rotatable bonds is 15. The zero-order valence-corrected chi connectivity index (χ0v) is 25.2. The summed E-state index contributed by atoms with van der Waals surface area (Å²) in [5.74, 6) is -0.527. The van der Waals surface area contributed by atoms with E-state index in [0.29, 0.717) is 35.8 Å². The highest BCUT2D eigenvalue weighted by Crippen LogP contribution is 2.47. The summed E-state index contributed by atoms with van der Waals surface area (Å²) >= 11 is 0. The van der Waals surface area contributed by atoms with Gasteiger partial charge in [-0.3, -0.25) is 4.79 Å². The summed E-state index contributed by atoms with van der Waals surface area (Å²) in [6.45, 7) is 9.67. The molecule has 0 bridgehead atoms. The SMILES string of the molecule is C=CC(=O)OCCOc1ccc(C(=O)Oc2ccc3c(c2)C(C)c2cc(OCCCOC(=O)C(=C)CC(=O)OC)ccc2-3)cc1. The zero-order valence-electron chi connectivity index (χ0n) is 25.2. The van der Waals surface area contributed by atoms with E-state index in [0.717, 1.165) is 28.3 Å². The predicted octanol–water partition coefficient (Wildman–Crippen LogP) is 5.58. The van der Waals surface area contributed by atoms with Gasteiger partial charge in [0.2, 0.25) is 0 Å². The van der Waals surface area contributed by atoms with Crippen molar-refractivity contribution in [3.8, 4) is 28.4 Å². The third-order valence-corrected chi connectivity index (χ3v) is 7.00. The average Bonchev–Trinajstić information content (AvgIpc) is 3.32. The maximum Gasteiger partial charge on any atom is 0.343 e. The molecule has 0 radical (unpaired) electrons. The number of esters is 4. The van der Waals surface area contributed by atoms with Gasteiger partial charge in [-0.1, -0.05) is 32.2 Å². The van der Waals surface area contributed by atoms with Crippen molar-refractivity contribution in [2.75, 3.05) is 33.5 Å². The van der Waals surface area contributed by atoms with E-state index in [2.05, 4.69) is 24.8 Å². The molecule has 1 aliphatic rings. The van der Waals surface area contributed by atoms with Crippen LogP contribution in [0.5, 0.6) is 17.2 Å². The van der Waals surface area contributed by atoms with Crippen LogP contribution in [0.4, 0.5) is 0 Å². The van der Waals surface area contributed by atoms with Crippen LogP contribution in [0.2, 0.25) is 0 Å². The monoisotopic (exact) mass is 614 g/mol. The molecular weight excluding hydrogens is 580 g/mol. The van der Waals surface area contributed by atoms with E-state index in [9.17, 15) is 19.2 Å². The third-order valence-electron chi connectivity index (χ3n) is 7.00. The lowest BCUT2D eigenvalue weighted by Crippen LogP contribution is -2.13. The molecule has 0 saturated carbocycles. The Hall–Kier alpha value is -5.38. The fraction of sp³-hybridized carbons (Fsp3) is 0.257. The Morgan fingerprint density at radius 3 is 2.07 bits per heavy atom. The zero-order chi connectivity index (χ0) is 32.3. The Morgan fingerprint density at radius 1 is 0.778 bits per heavy atom. The molecule has 1 aliphatic carbocycles.